The van der Waals surface area contributed by atoms with Gasteiger partial charge in [-0.1, -0.05) is 35.5 Å². The van der Waals surface area contributed by atoms with Crippen LogP contribution in [0.2, 0.25) is 0 Å². The van der Waals surface area contributed by atoms with Gasteiger partial charge in [-0.25, -0.2) is 0 Å². The molecule has 0 saturated heterocycles. The number of aromatic nitrogens is 4. The Morgan fingerprint density at radius 2 is 1.82 bits per heavy atom. The molecule has 3 aromatic rings. The van der Waals surface area contributed by atoms with E-state index in [1.165, 1.54) is 33.3 Å². The summed E-state index contributed by atoms with van der Waals surface area (Å²) < 4.78 is 1.66. The van der Waals surface area contributed by atoms with Gasteiger partial charge in [-0.05, 0) is 66.6 Å². The molecule has 0 aliphatic heterocycles. The number of nitrogens with zero attached hydrogens (tertiary/aromatic N) is 4. The zero-order valence-corrected chi connectivity index (χ0v) is 17.8. The largest absolute Gasteiger partial charge is 0.355 e. The Labute approximate surface area is 173 Å². The van der Waals surface area contributed by atoms with E-state index in [0.717, 1.165) is 11.4 Å². The Hall–Kier alpha value is -2.32. The number of carbonyl (C=O) groups is 1. The molecule has 146 valence electrons. The molecule has 1 aromatic heterocycles. The van der Waals surface area contributed by atoms with E-state index in [9.17, 15) is 4.79 Å². The first-order valence-corrected chi connectivity index (χ1v) is 10.9. The van der Waals surface area contributed by atoms with Crippen molar-refractivity contribution in [2.75, 3.05) is 18.1 Å². The van der Waals surface area contributed by atoms with E-state index >= 15 is 0 Å². The highest BCUT2D eigenvalue weighted by molar-refractivity contribution is 7.99. The predicted molar refractivity (Wildman–Crippen MR) is 114 cm³/mol. The van der Waals surface area contributed by atoms with E-state index in [1.54, 1.807) is 16.4 Å². The number of nitrogens with one attached hydrogen (secondary N) is 1. The quantitative estimate of drug-likeness (QED) is 0.449. The van der Waals surface area contributed by atoms with Crippen LogP contribution in [0.15, 0.2) is 52.5 Å². The van der Waals surface area contributed by atoms with Crippen molar-refractivity contribution in [3.63, 3.8) is 0 Å². The predicted octanol–water partition coefficient (Wildman–Crippen LogP) is 3.59. The second-order valence-electron chi connectivity index (χ2n) is 6.44. The van der Waals surface area contributed by atoms with E-state index in [0.29, 0.717) is 11.7 Å². The minimum absolute atomic E-state index is 0.0239. The van der Waals surface area contributed by atoms with Gasteiger partial charge in [0.1, 0.15) is 0 Å². The van der Waals surface area contributed by atoms with Gasteiger partial charge in [0.05, 0.1) is 11.4 Å². The Morgan fingerprint density at radius 1 is 1.04 bits per heavy atom. The fourth-order valence-electron chi connectivity index (χ4n) is 2.46. The Morgan fingerprint density at radius 3 is 2.57 bits per heavy atom. The van der Waals surface area contributed by atoms with Crippen molar-refractivity contribution in [2.45, 2.75) is 30.8 Å². The van der Waals surface area contributed by atoms with Gasteiger partial charge in [-0.15, -0.1) is 16.9 Å². The third kappa shape index (κ3) is 5.59. The van der Waals surface area contributed by atoms with E-state index in [2.05, 4.69) is 65.9 Å². The van der Waals surface area contributed by atoms with E-state index < -0.39 is 0 Å². The third-order valence-electron chi connectivity index (χ3n) is 4.22. The summed E-state index contributed by atoms with van der Waals surface area (Å²) in [6.45, 7) is 6.82. The number of aryl methyl sites for hydroxylation is 3. The van der Waals surface area contributed by atoms with Gasteiger partial charge >= 0.3 is 0 Å². The highest BCUT2D eigenvalue weighted by Crippen LogP contribution is 2.20. The Bertz CT molecular complexity index is 940. The molecule has 0 spiro atoms. The minimum Gasteiger partial charge on any atom is -0.355 e. The fraction of sp³-hybridized carbons (Fsp3) is 0.300. The maximum atomic E-state index is 12.1. The summed E-state index contributed by atoms with van der Waals surface area (Å²) >= 11 is 3.06. The van der Waals surface area contributed by atoms with Crippen molar-refractivity contribution in [1.29, 1.82) is 0 Å². The highest BCUT2D eigenvalue weighted by Gasteiger charge is 2.12. The second-order valence-corrected chi connectivity index (χ2v) is 8.55. The van der Waals surface area contributed by atoms with Gasteiger partial charge in [0, 0.05) is 17.2 Å². The van der Waals surface area contributed by atoms with Crippen LogP contribution in [0.4, 0.5) is 0 Å². The molecule has 0 atom stereocenters. The van der Waals surface area contributed by atoms with Crippen LogP contribution in [0.5, 0.6) is 0 Å². The molecule has 8 heteroatoms. The van der Waals surface area contributed by atoms with Crippen molar-refractivity contribution in [3.05, 3.63) is 59.2 Å². The first-order chi connectivity index (χ1) is 13.5. The molecule has 0 radical (unpaired) electrons. The molecule has 0 aliphatic carbocycles. The summed E-state index contributed by atoms with van der Waals surface area (Å²) in [5.74, 6) is 1.09. The average molecular weight is 414 g/mol. The van der Waals surface area contributed by atoms with Gasteiger partial charge in [0.2, 0.25) is 11.1 Å². The normalized spacial score (nSPS) is 10.8. The van der Waals surface area contributed by atoms with Crippen molar-refractivity contribution in [3.8, 4) is 5.69 Å². The molecule has 1 N–H and O–H groups in total. The summed E-state index contributed by atoms with van der Waals surface area (Å²) in [7, 11) is 0. The van der Waals surface area contributed by atoms with Crippen molar-refractivity contribution >= 4 is 29.4 Å². The molecule has 28 heavy (non-hydrogen) atoms. The maximum Gasteiger partial charge on any atom is 0.230 e. The van der Waals surface area contributed by atoms with Crippen LogP contribution in [0.1, 0.15) is 16.7 Å². The minimum atomic E-state index is -0.0239. The summed E-state index contributed by atoms with van der Waals surface area (Å²) in [6.07, 6.45) is 0. The van der Waals surface area contributed by atoms with Gasteiger partial charge in [0.15, 0.2) is 0 Å². The molecule has 1 heterocycles. The smallest absolute Gasteiger partial charge is 0.230 e. The molecular formula is C20H23N5OS2. The standard InChI is InChI=1S/C20H23N5OS2/c1-14-4-8-18(9-5-14)27-11-10-21-19(26)13-28-20-22-23-24-25(20)17-7-6-15(2)16(3)12-17/h4-9,12H,10-11,13H2,1-3H3,(H,21,26). The SMILES string of the molecule is Cc1ccc(SCCNC(=O)CSc2nnnn2-c2ccc(C)c(C)c2)cc1. The monoisotopic (exact) mass is 413 g/mol. The lowest BCUT2D eigenvalue weighted by Crippen LogP contribution is -2.27. The second kappa shape index (κ2) is 9.75. The van der Waals surface area contributed by atoms with Crippen LogP contribution in [0.25, 0.3) is 5.69 Å². The molecule has 0 fully saturated rings. The summed E-state index contributed by atoms with van der Waals surface area (Å²) in [5, 5.41) is 15.4. The number of thioether (sulfide) groups is 2. The highest BCUT2D eigenvalue weighted by atomic mass is 32.2. The van der Waals surface area contributed by atoms with Crippen molar-refractivity contribution < 1.29 is 4.79 Å². The summed E-state index contributed by atoms with van der Waals surface area (Å²) in [6, 6.07) is 14.4. The average Bonchev–Trinajstić information content (AvgIpc) is 3.16. The van der Waals surface area contributed by atoms with Crippen LogP contribution in [-0.2, 0) is 4.79 Å². The molecule has 0 aliphatic rings. The molecule has 1 amide bonds. The lowest BCUT2D eigenvalue weighted by atomic mass is 10.1. The molecule has 3 rings (SSSR count). The van der Waals surface area contributed by atoms with E-state index in [-0.39, 0.29) is 11.7 Å². The van der Waals surface area contributed by atoms with Crippen LogP contribution >= 0.6 is 23.5 Å². The van der Waals surface area contributed by atoms with Crippen LogP contribution < -0.4 is 5.32 Å². The lowest BCUT2D eigenvalue weighted by molar-refractivity contribution is -0.118. The van der Waals surface area contributed by atoms with Crippen molar-refractivity contribution in [1.82, 2.24) is 25.5 Å². The van der Waals surface area contributed by atoms with Crippen LogP contribution in [0.3, 0.4) is 0 Å². The zero-order valence-electron chi connectivity index (χ0n) is 16.2. The lowest BCUT2D eigenvalue weighted by Gasteiger charge is -2.07. The number of rotatable bonds is 8. The molecule has 6 nitrogen and oxygen atoms in total. The van der Waals surface area contributed by atoms with Gasteiger partial charge in [-0.2, -0.15) is 4.68 Å². The maximum absolute atomic E-state index is 12.1. The number of benzene rings is 2. The topological polar surface area (TPSA) is 72.7 Å². The summed E-state index contributed by atoms with van der Waals surface area (Å²) in [5.41, 5.74) is 4.53. The van der Waals surface area contributed by atoms with Gasteiger partial charge in [0.25, 0.3) is 0 Å². The van der Waals surface area contributed by atoms with E-state index in [4.69, 9.17) is 0 Å². The van der Waals surface area contributed by atoms with Gasteiger partial charge in [-0.3, -0.25) is 4.79 Å². The Kier molecular flexibility index (Phi) is 7.11. The molecular weight excluding hydrogens is 390 g/mol. The first-order valence-electron chi connectivity index (χ1n) is 8.98. The number of carbonyl (C=O) groups excluding carboxylic acids is 1. The fourth-order valence-corrected chi connectivity index (χ4v) is 3.95. The molecule has 0 saturated carbocycles. The number of tetrazole rings is 1. The number of amides is 1. The molecule has 0 unspecified atom stereocenters. The zero-order chi connectivity index (χ0) is 19.9. The Balaban J connectivity index is 1.45. The molecule has 0 bridgehead atoms. The van der Waals surface area contributed by atoms with Crippen LogP contribution in [-0.4, -0.2) is 44.2 Å². The third-order valence-corrected chi connectivity index (χ3v) is 6.16. The van der Waals surface area contributed by atoms with Crippen molar-refractivity contribution in [2.24, 2.45) is 0 Å². The summed E-state index contributed by atoms with van der Waals surface area (Å²) in [4.78, 5) is 13.3. The van der Waals surface area contributed by atoms with Crippen LogP contribution in [0, 0.1) is 20.8 Å². The number of hydrogen-bond donors (Lipinski definition) is 1. The number of hydrogen-bond acceptors (Lipinski definition) is 6. The van der Waals surface area contributed by atoms with Gasteiger partial charge < -0.3 is 5.32 Å². The molecule has 2 aromatic carbocycles. The van der Waals surface area contributed by atoms with E-state index in [1.807, 2.05) is 18.2 Å². The first kappa shape index (κ1) is 20.4.